The third kappa shape index (κ3) is 5.83. The minimum absolute atomic E-state index is 0.207. The molecule has 0 saturated carbocycles. The van der Waals surface area contributed by atoms with E-state index in [9.17, 15) is 13.7 Å². The standard InChI is InChI=1S/C27H31Cl2N7O2S/c1-16-11-18(6-9-25(16)35-10-4-5-20(35)14-32-39(3,37)38)24-15-31-26-23(13-30)34-36(27(26)33-24)17(2)21-8-7-19(28)12-22(21)29/h6-8,12,15-17,20,25,32H,4-5,9-11,14H2,1-3H3/t16-,17-,20+,25+/m1/s1. The van der Waals surface area contributed by atoms with Crippen LogP contribution in [0, 0.1) is 17.2 Å². The number of hydrogen-bond acceptors (Lipinski definition) is 7. The van der Waals surface area contributed by atoms with Gasteiger partial charge in [0.1, 0.15) is 11.6 Å². The van der Waals surface area contributed by atoms with Crippen molar-refractivity contribution in [2.75, 3.05) is 19.3 Å². The summed E-state index contributed by atoms with van der Waals surface area (Å²) in [5.74, 6) is 0.354. The summed E-state index contributed by atoms with van der Waals surface area (Å²) in [7, 11) is -3.22. The van der Waals surface area contributed by atoms with Crippen LogP contribution in [0.1, 0.15) is 62.5 Å². The van der Waals surface area contributed by atoms with Crippen molar-refractivity contribution in [2.24, 2.45) is 5.92 Å². The van der Waals surface area contributed by atoms with Crippen LogP contribution in [0.3, 0.4) is 0 Å². The second kappa shape index (κ2) is 11.1. The Morgan fingerprint density at radius 3 is 2.79 bits per heavy atom. The Hall–Kier alpha value is -2.55. The topological polar surface area (TPSA) is 117 Å². The van der Waals surface area contributed by atoms with Crippen LogP contribution >= 0.6 is 23.2 Å². The van der Waals surface area contributed by atoms with Gasteiger partial charge in [-0.3, -0.25) is 4.90 Å². The Morgan fingerprint density at radius 1 is 1.31 bits per heavy atom. The fourth-order valence-electron chi connectivity index (χ4n) is 5.88. The predicted octanol–water partition coefficient (Wildman–Crippen LogP) is 4.81. The van der Waals surface area contributed by atoms with Crippen LogP contribution in [0.2, 0.25) is 10.0 Å². The molecule has 2 aliphatic rings. The van der Waals surface area contributed by atoms with Gasteiger partial charge in [0, 0.05) is 28.7 Å². The molecule has 1 N–H and O–H groups in total. The van der Waals surface area contributed by atoms with E-state index < -0.39 is 10.0 Å². The van der Waals surface area contributed by atoms with Crippen LogP contribution in [0.5, 0.6) is 0 Å². The number of hydrogen-bond donors (Lipinski definition) is 1. The maximum Gasteiger partial charge on any atom is 0.208 e. The molecular formula is C27H31Cl2N7O2S. The molecule has 1 aliphatic carbocycles. The number of fused-ring (bicyclic) bond motifs is 1. The smallest absolute Gasteiger partial charge is 0.208 e. The first-order valence-corrected chi connectivity index (χ1v) is 15.7. The quantitative estimate of drug-likeness (QED) is 0.421. The largest absolute Gasteiger partial charge is 0.296 e. The molecule has 1 saturated heterocycles. The Balaban J connectivity index is 1.42. The third-order valence-electron chi connectivity index (χ3n) is 7.85. The summed E-state index contributed by atoms with van der Waals surface area (Å²) in [4.78, 5) is 12.0. The lowest BCUT2D eigenvalue weighted by atomic mass is 9.83. The number of nitrogens with one attached hydrogen (secondary N) is 1. The Kier molecular flexibility index (Phi) is 8.00. The van der Waals surface area contributed by atoms with Gasteiger partial charge >= 0.3 is 0 Å². The van der Waals surface area contributed by atoms with Crippen LogP contribution in [0.25, 0.3) is 16.7 Å². The molecule has 0 radical (unpaired) electrons. The van der Waals surface area contributed by atoms with E-state index in [1.165, 1.54) is 6.26 Å². The molecule has 5 rings (SSSR count). The molecule has 39 heavy (non-hydrogen) atoms. The number of halogens is 2. The molecule has 4 atom stereocenters. The van der Waals surface area contributed by atoms with E-state index in [1.807, 2.05) is 13.0 Å². The lowest BCUT2D eigenvalue weighted by Crippen LogP contribution is -2.48. The molecule has 0 spiro atoms. The van der Waals surface area contributed by atoms with Gasteiger partial charge in [-0.2, -0.15) is 10.4 Å². The van der Waals surface area contributed by atoms with Gasteiger partial charge in [-0.05, 0) is 68.3 Å². The number of allylic oxidation sites excluding steroid dienone is 1. The molecule has 1 aliphatic heterocycles. The maximum atomic E-state index is 11.6. The summed E-state index contributed by atoms with van der Waals surface area (Å²) in [5.41, 5.74) is 3.91. The summed E-state index contributed by atoms with van der Waals surface area (Å²) >= 11 is 12.6. The lowest BCUT2D eigenvalue weighted by Gasteiger charge is -2.39. The Bertz CT molecular complexity index is 1580. The molecule has 0 bridgehead atoms. The van der Waals surface area contributed by atoms with E-state index in [-0.39, 0.29) is 17.8 Å². The van der Waals surface area contributed by atoms with Gasteiger partial charge in [0.2, 0.25) is 10.0 Å². The highest BCUT2D eigenvalue weighted by atomic mass is 35.5. The van der Waals surface area contributed by atoms with Gasteiger partial charge in [-0.1, -0.05) is 42.3 Å². The minimum atomic E-state index is -3.22. The fourth-order valence-corrected chi connectivity index (χ4v) is 6.94. The van der Waals surface area contributed by atoms with Gasteiger partial charge < -0.3 is 0 Å². The van der Waals surface area contributed by atoms with E-state index in [4.69, 9.17) is 28.2 Å². The van der Waals surface area contributed by atoms with Crippen molar-refractivity contribution in [3.05, 3.63) is 57.5 Å². The zero-order valence-corrected chi connectivity index (χ0v) is 24.4. The van der Waals surface area contributed by atoms with Gasteiger partial charge in [0.05, 0.1) is 24.2 Å². The average molecular weight is 589 g/mol. The Morgan fingerprint density at radius 2 is 2.10 bits per heavy atom. The first-order chi connectivity index (χ1) is 18.6. The molecular weight excluding hydrogens is 557 g/mol. The monoisotopic (exact) mass is 587 g/mol. The van der Waals surface area contributed by atoms with Crippen molar-refractivity contribution >= 4 is 50.0 Å². The summed E-state index contributed by atoms with van der Waals surface area (Å²) in [6.45, 7) is 5.61. The van der Waals surface area contributed by atoms with Crippen molar-refractivity contribution in [1.82, 2.24) is 29.4 Å². The summed E-state index contributed by atoms with van der Waals surface area (Å²) in [6.07, 6.45) is 8.90. The first-order valence-electron chi connectivity index (χ1n) is 13.1. The van der Waals surface area contributed by atoms with Crippen LogP contribution < -0.4 is 4.72 Å². The van der Waals surface area contributed by atoms with Gasteiger partial charge in [0.15, 0.2) is 11.3 Å². The second-order valence-corrected chi connectivity index (χ2v) is 13.2. The molecule has 206 valence electrons. The van der Waals surface area contributed by atoms with Crippen LogP contribution in [0.4, 0.5) is 0 Å². The second-order valence-electron chi connectivity index (χ2n) is 10.5. The van der Waals surface area contributed by atoms with E-state index in [1.54, 1.807) is 23.0 Å². The number of sulfonamides is 1. The van der Waals surface area contributed by atoms with Gasteiger partial charge in [0.25, 0.3) is 0 Å². The molecule has 0 unspecified atom stereocenters. The summed E-state index contributed by atoms with van der Waals surface area (Å²) in [5, 5.41) is 15.3. The van der Waals surface area contributed by atoms with Crippen molar-refractivity contribution in [3.8, 4) is 6.07 Å². The number of likely N-dealkylation sites (tertiary alicyclic amines) is 1. The van der Waals surface area contributed by atoms with Crippen LogP contribution in [-0.2, 0) is 10.0 Å². The zero-order valence-electron chi connectivity index (χ0n) is 22.1. The maximum absolute atomic E-state index is 11.6. The van der Waals surface area contributed by atoms with Crippen molar-refractivity contribution in [3.63, 3.8) is 0 Å². The average Bonchev–Trinajstić information content (AvgIpc) is 3.51. The molecule has 12 heteroatoms. The number of nitrogens with zero attached hydrogens (tertiary/aromatic N) is 6. The first kappa shape index (κ1) is 28.0. The molecule has 1 fully saturated rings. The number of rotatable bonds is 7. The fraction of sp³-hybridized carbons (Fsp3) is 0.481. The van der Waals surface area contributed by atoms with E-state index in [2.05, 4.69) is 38.8 Å². The molecule has 3 aromatic rings. The molecule has 9 nitrogen and oxygen atoms in total. The van der Waals surface area contributed by atoms with Crippen LogP contribution in [-0.4, -0.2) is 64.5 Å². The molecule has 0 amide bonds. The number of benzene rings is 1. The van der Waals surface area contributed by atoms with E-state index in [0.717, 1.165) is 49.1 Å². The molecule has 3 heterocycles. The van der Waals surface area contributed by atoms with Crippen molar-refractivity contribution < 1.29 is 8.42 Å². The number of aromatic nitrogens is 4. The third-order valence-corrected chi connectivity index (χ3v) is 9.11. The zero-order chi connectivity index (χ0) is 27.9. The Labute approximate surface area is 238 Å². The summed E-state index contributed by atoms with van der Waals surface area (Å²) in [6, 6.07) is 7.71. The van der Waals surface area contributed by atoms with Crippen molar-refractivity contribution in [2.45, 2.75) is 57.7 Å². The van der Waals surface area contributed by atoms with Crippen molar-refractivity contribution in [1.29, 1.82) is 5.26 Å². The number of nitriles is 1. The minimum Gasteiger partial charge on any atom is -0.296 e. The van der Waals surface area contributed by atoms with Crippen LogP contribution in [0.15, 0.2) is 30.5 Å². The van der Waals surface area contributed by atoms with E-state index >= 15 is 0 Å². The molecule has 1 aromatic carbocycles. The van der Waals surface area contributed by atoms with Gasteiger partial charge in [-0.25, -0.2) is 27.8 Å². The highest BCUT2D eigenvalue weighted by Gasteiger charge is 2.35. The van der Waals surface area contributed by atoms with E-state index in [0.29, 0.717) is 39.7 Å². The lowest BCUT2D eigenvalue weighted by molar-refractivity contribution is 0.133. The normalized spacial score (nSPS) is 23.1. The summed E-state index contributed by atoms with van der Waals surface area (Å²) < 4.78 is 27.7. The van der Waals surface area contributed by atoms with Gasteiger partial charge in [-0.15, -0.1) is 0 Å². The predicted molar refractivity (Wildman–Crippen MR) is 153 cm³/mol. The highest BCUT2D eigenvalue weighted by molar-refractivity contribution is 7.88. The highest BCUT2D eigenvalue weighted by Crippen LogP contribution is 2.37. The SMILES string of the molecule is C[C@@H]1CC(c2cnc3c(C#N)nn([C@H](C)c4ccc(Cl)cc4Cl)c3n2)=CC[C@@H]1N1CCC[C@H]1CNS(C)(=O)=O. The molecule has 2 aromatic heterocycles.